The summed E-state index contributed by atoms with van der Waals surface area (Å²) in [7, 11) is 0. The van der Waals surface area contributed by atoms with E-state index < -0.39 is 18.0 Å². The number of nitrogens with one attached hydrogen (secondary N) is 2. The Morgan fingerprint density at radius 2 is 2.15 bits per heavy atom. The summed E-state index contributed by atoms with van der Waals surface area (Å²) in [5, 5.41) is 9.83. The number of hydrogen-bond donors (Lipinski definition) is 2. The second-order valence-electron chi connectivity index (χ2n) is 5.88. The van der Waals surface area contributed by atoms with Crippen LogP contribution < -0.4 is 10.6 Å². The van der Waals surface area contributed by atoms with Gasteiger partial charge in [-0.05, 0) is 23.8 Å². The van der Waals surface area contributed by atoms with Gasteiger partial charge < -0.3 is 10.6 Å². The molecule has 1 atom stereocenters. The lowest BCUT2D eigenvalue weighted by molar-refractivity contribution is -0.131. The van der Waals surface area contributed by atoms with Gasteiger partial charge in [0.05, 0.1) is 19.5 Å². The number of imide groups is 1. The first-order valence-electron chi connectivity index (χ1n) is 8.13. The van der Waals surface area contributed by atoms with E-state index in [1.165, 1.54) is 0 Å². The Morgan fingerprint density at radius 1 is 1.31 bits per heavy atom. The van der Waals surface area contributed by atoms with Crippen LogP contribution in [-0.2, 0) is 22.7 Å². The second-order valence-corrected chi connectivity index (χ2v) is 6.32. The highest BCUT2D eigenvalue weighted by molar-refractivity contribution is 6.30. The van der Waals surface area contributed by atoms with Crippen LogP contribution in [0.15, 0.2) is 42.7 Å². The fraction of sp³-hybridized carbons (Fsp3) is 0.294. The minimum Gasteiger partial charge on any atom is -0.354 e. The van der Waals surface area contributed by atoms with Crippen LogP contribution in [0.5, 0.6) is 0 Å². The molecule has 0 spiro atoms. The Morgan fingerprint density at radius 3 is 2.88 bits per heavy atom. The van der Waals surface area contributed by atoms with Gasteiger partial charge in [0.25, 0.3) is 5.91 Å². The van der Waals surface area contributed by atoms with E-state index in [2.05, 4.69) is 15.7 Å². The van der Waals surface area contributed by atoms with Crippen LogP contribution in [0.2, 0.25) is 5.02 Å². The molecule has 136 valence electrons. The number of rotatable bonds is 7. The standard InChI is InChI=1S/C17H18ClN5O3/c18-13-4-1-3-12(9-13)11-23-16(25)14(21-17(23)26)10-15(24)19-6-8-22-7-2-5-20-22/h1-5,7,9,14H,6,8,10-11H2,(H,19,24)(H,21,26)/t14-/m1/s1. The molecule has 26 heavy (non-hydrogen) atoms. The third-order valence-corrected chi connectivity index (χ3v) is 4.18. The Kier molecular flexibility index (Phi) is 5.52. The summed E-state index contributed by atoms with van der Waals surface area (Å²) < 4.78 is 1.69. The van der Waals surface area contributed by atoms with E-state index in [0.717, 1.165) is 10.5 Å². The largest absolute Gasteiger partial charge is 0.354 e. The Hall–Kier alpha value is -2.87. The van der Waals surface area contributed by atoms with Crippen LogP contribution in [0.4, 0.5) is 4.79 Å². The van der Waals surface area contributed by atoms with Gasteiger partial charge in [0.15, 0.2) is 0 Å². The Bertz CT molecular complexity index is 808. The van der Waals surface area contributed by atoms with Gasteiger partial charge in [0, 0.05) is 24.0 Å². The lowest BCUT2D eigenvalue weighted by Crippen LogP contribution is -2.37. The molecule has 0 aliphatic carbocycles. The number of aromatic nitrogens is 2. The SMILES string of the molecule is O=C(C[C@H]1NC(=O)N(Cc2cccc(Cl)c2)C1=O)NCCn1cccn1. The summed E-state index contributed by atoms with van der Waals surface area (Å²) in [4.78, 5) is 37.6. The van der Waals surface area contributed by atoms with Gasteiger partial charge in [-0.2, -0.15) is 5.10 Å². The minimum absolute atomic E-state index is 0.101. The van der Waals surface area contributed by atoms with Crippen LogP contribution >= 0.6 is 11.6 Å². The zero-order valence-electron chi connectivity index (χ0n) is 13.9. The smallest absolute Gasteiger partial charge is 0.325 e. The van der Waals surface area contributed by atoms with Crippen molar-refractivity contribution in [1.82, 2.24) is 25.3 Å². The topological polar surface area (TPSA) is 96.3 Å². The summed E-state index contributed by atoms with van der Waals surface area (Å²) in [6.07, 6.45) is 3.35. The summed E-state index contributed by atoms with van der Waals surface area (Å²) in [5.41, 5.74) is 0.741. The quantitative estimate of drug-likeness (QED) is 0.710. The van der Waals surface area contributed by atoms with Gasteiger partial charge in [0.1, 0.15) is 6.04 Å². The highest BCUT2D eigenvalue weighted by atomic mass is 35.5. The molecule has 1 aliphatic rings. The first-order chi connectivity index (χ1) is 12.5. The van der Waals surface area contributed by atoms with Crippen LogP contribution in [0, 0.1) is 0 Å². The molecule has 0 unspecified atom stereocenters. The van der Waals surface area contributed by atoms with Crippen molar-refractivity contribution in [3.63, 3.8) is 0 Å². The molecule has 1 aromatic heterocycles. The molecule has 2 heterocycles. The van der Waals surface area contributed by atoms with Crippen molar-refractivity contribution in [2.75, 3.05) is 6.54 Å². The van der Waals surface area contributed by atoms with Gasteiger partial charge in [-0.3, -0.25) is 19.2 Å². The molecule has 0 bridgehead atoms. The predicted molar refractivity (Wildman–Crippen MR) is 94.2 cm³/mol. The molecular formula is C17H18ClN5O3. The molecule has 1 aromatic carbocycles. The van der Waals surface area contributed by atoms with Crippen molar-refractivity contribution >= 4 is 29.4 Å². The summed E-state index contributed by atoms with van der Waals surface area (Å²) in [5.74, 6) is -0.724. The van der Waals surface area contributed by atoms with Gasteiger partial charge >= 0.3 is 6.03 Å². The van der Waals surface area contributed by atoms with Gasteiger partial charge in [-0.25, -0.2) is 4.79 Å². The van der Waals surface area contributed by atoms with E-state index >= 15 is 0 Å². The molecule has 2 aromatic rings. The fourth-order valence-corrected chi connectivity index (χ4v) is 2.90. The number of hydrogen-bond acceptors (Lipinski definition) is 4. The Balaban J connectivity index is 1.50. The highest BCUT2D eigenvalue weighted by Crippen LogP contribution is 2.16. The lowest BCUT2D eigenvalue weighted by Gasteiger charge is -2.13. The van der Waals surface area contributed by atoms with Crippen molar-refractivity contribution in [3.05, 3.63) is 53.3 Å². The van der Waals surface area contributed by atoms with Crippen molar-refractivity contribution in [1.29, 1.82) is 0 Å². The maximum Gasteiger partial charge on any atom is 0.325 e. The third kappa shape index (κ3) is 4.40. The number of amides is 4. The van der Waals surface area contributed by atoms with Crippen molar-refractivity contribution < 1.29 is 14.4 Å². The zero-order chi connectivity index (χ0) is 18.5. The van der Waals surface area contributed by atoms with Gasteiger partial charge in [-0.15, -0.1) is 0 Å². The van der Waals surface area contributed by atoms with Crippen molar-refractivity contribution in [3.8, 4) is 0 Å². The molecule has 3 rings (SSSR count). The van der Waals surface area contributed by atoms with Crippen molar-refractivity contribution in [2.45, 2.75) is 25.6 Å². The lowest BCUT2D eigenvalue weighted by atomic mass is 10.1. The summed E-state index contributed by atoms with van der Waals surface area (Å²) >= 11 is 5.92. The predicted octanol–water partition coefficient (Wildman–Crippen LogP) is 1.16. The molecule has 1 saturated heterocycles. The van der Waals surface area contributed by atoms with E-state index in [4.69, 9.17) is 11.6 Å². The molecule has 9 heteroatoms. The number of halogens is 1. The number of carbonyl (C=O) groups excluding carboxylic acids is 3. The number of carbonyl (C=O) groups is 3. The summed E-state index contributed by atoms with van der Waals surface area (Å²) in [6, 6.07) is 7.37. The zero-order valence-corrected chi connectivity index (χ0v) is 14.6. The van der Waals surface area contributed by atoms with Crippen LogP contribution in [0.25, 0.3) is 0 Å². The monoisotopic (exact) mass is 375 g/mol. The summed E-state index contributed by atoms with van der Waals surface area (Å²) in [6.45, 7) is 1.04. The normalized spacial score (nSPS) is 16.7. The third-order valence-electron chi connectivity index (χ3n) is 3.95. The fourth-order valence-electron chi connectivity index (χ4n) is 2.68. The van der Waals surface area contributed by atoms with Gasteiger partial charge in [0.2, 0.25) is 5.91 Å². The molecule has 1 aliphatic heterocycles. The number of nitrogens with zero attached hydrogens (tertiary/aromatic N) is 3. The number of benzene rings is 1. The molecule has 0 saturated carbocycles. The minimum atomic E-state index is -0.855. The molecule has 1 fully saturated rings. The van der Waals surface area contributed by atoms with E-state index in [1.807, 2.05) is 0 Å². The second kappa shape index (κ2) is 8.01. The van der Waals surface area contributed by atoms with E-state index in [0.29, 0.717) is 18.1 Å². The Labute approximate surface area is 155 Å². The van der Waals surface area contributed by atoms with E-state index in [1.54, 1.807) is 47.4 Å². The van der Waals surface area contributed by atoms with Gasteiger partial charge in [-0.1, -0.05) is 23.7 Å². The molecule has 2 N–H and O–H groups in total. The van der Waals surface area contributed by atoms with Crippen LogP contribution in [0.3, 0.4) is 0 Å². The average molecular weight is 376 g/mol. The number of urea groups is 1. The first-order valence-corrected chi connectivity index (χ1v) is 8.51. The molecule has 8 nitrogen and oxygen atoms in total. The maximum absolute atomic E-state index is 12.4. The maximum atomic E-state index is 12.4. The van der Waals surface area contributed by atoms with Crippen molar-refractivity contribution in [2.24, 2.45) is 0 Å². The molecular weight excluding hydrogens is 358 g/mol. The van der Waals surface area contributed by atoms with Crippen LogP contribution in [0.1, 0.15) is 12.0 Å². The highest BCUT2D eigenvalue weighted by Gasteiger charge is 2.38. The molecule has 0 radical (unpaired) electrons. The molecule has 4 amide bonds. The van der Waals surface area contributed by atoms with Crippen LogP contribution in [-0.4, -0.2) is 45.1 Å². The first kappa shape index (κ1) is 17.9. The van der Waals surface area contributed by atoms with E-state index in [-0.39, 0.29) is 18.9 Å². The van der Waals surface area contributed by atoms with E-state index in [9.17, 15) is 14.4 Å². The average Bonchev–Trinajstić information content (AvgIpc) is 3.19.